The van der Waals surface area contributed by atoms with E-state index in [1.54, 1.807) is 17.8 Å². The third-order valence-corrected chi connectivity index (χ3v) is 5.45. The number of nitrogens with zero attached hydrogens (tertiary/aromatic N) is 1. The van der Waals surface area contributed by atoms with Crippen molar-refractivity contribution < 1.29 is 9.59 Å². The Morgan fingerprint density at radius 1 is 1.33 bits per heavy atom. The van der Waals surface area contributed by atoms with E-state index in [4.69, 9.17) is 0 Å². The molecule has 130 valence electrons. The van der Waals surface area contributed by atoms with Crippen LogP contribution in [-0.2, 0) is 4.79 Å². The molecule has 0 spiro atoms. The van der Waals surface area contributed by atoms with Crippen molar-refractivity contribution >= 4 is 39.5 Å². The van der Waals surface area contributed by atoms with Crippen LogP contribution in [0.25, 0.3) is 0 Å². The number of amides is 2. The number of halogens is 1. The van der Waals surface area contributed by atoms with Gasteiger partial charge in [-0.15, -0.1) is 0 Å². The molecule has 2 rings (SSSR count). The molecule has 1 saturated heterocycles. The molecular weight excluding hydrogens is 388 g/mol. The molecule has 1 N–H and O–H groups in total. The van der Waals surface area contributed by atoms with Gasteiger partial charge in [0.2, 0.25) is 5.91 Å². The molecule has 1 aromatic rings. The van der Waals surface area contributed by atoms with Crippen molar-refractivity contribution in [1.29, 1.82) is 0 Å². The van der Waals surface area contributed by atoms with E-state index in [2.05, 4.69) is 27.8 Å². The molecule has 2 amide bonds. The first-order chi connectivity index (χ1) is 11.5. The lowest BCUT2D eigenvalue weighted by Gasteiger charge is -2.31. The third kappa shape index (κ3) is 5.11. The molecule has 0 aliphatic carbocycles. The summed E-state index contributed by atoms with van der Waals surface area (Å²) in [6, 6.07) is 6.76. The lowest BCUT2D eigenvalue weighted by molar-refractivity contribution is -0.133. The fourth-order valence-electron chi connectivity index (χ4n) is 2.64. The van der Waals surface area contributed by atoms with Gasteiger partial charge in [-0.2, -0.15) is 11.8 Å². The predicted octanol–water partition coefficient (Wildman–Crippen LogP) is 3.48. The standard InChI is InChI=1S/C18H23BrN2O2S/c1-13-7-10-21(11-8-13)18(23)16(9-12-24-2)20-17(22)14-5-3-4-6-15(14)19/h3-6,16H,1,7-12H2,2H3,(H,20,22). The molecular formula is C18H23BrN2O2S. The zero-order valence-corrected chi connectivity index (χ0v) is 16.3. The predicted molar refractivity (Wildman–Crippen MR) is 103 cm³/mol. The van der Waals surface area contributed by atoms with Crippen LogP contribution < -0.4 is 5.32 Å². The van der Waals surface area contributed by atoms with E-state index in [1.807, 2.05) is 29.4 Å². The Morgan fingerprint density at radius 2 is 2.00 bits per heavy atom. The van der Waals surface area contributed by atoms with Crippen molar-refractivity contribution in [2.75, 3.05) is 25.1 Å². The van der Waals surface area contributed by atoms with E-state index in [-0.39, 0.29) is 11.8 Å². The van der Waals surface area contributed by atoms with Gasteiger partial charge in [0.1, 0.15) is 6.04 Å². The van der Waals surface area contributed by atoms with Crippen molar-refractivity contribution in [3.8, 4) is 0 Å². The summed E-state index contributed by atoms with van der Waals surface area (Å²) in [5.41, 5.74) is 1.74. The fourth-order valence-corrected chi connectivity index (χ4v) is 3.57. The number of carbonyl (C=O) groups is 2. The highest BCUT2D eigenvalue weighted by molar-refractivity contribution is 9.10. The van der Waals surface area contributed by atoms with E-state index in [0.717, 1.165) is 23.1 Å². The number of benzene rings is 1. The summed E-state index contributed by atoms with van der Waals surface area (Å²) in [5, 5.41) is 2.92. The fraction of sp³-hybridized carbons (Fsp3) is 0.444. The highest BCUT2D eigenvalue weighted by atomic mass is 79.9. The van der Waals surface area contributed by atoms with Gasteiger partial charge in [-0.1, -0.05) is 24.3 Å². The van der Waals surface area contributed by atoms with Gasteiger partial charge in [0.15, 0.2) is 0 Å². The van der Waals surface area contributed by atoms with Crippen molar-refractivity contribution in [1.82, 2.24) is 10.2 Å². The van der Waals surface area contributed by atoms with Crippen LogP contribution in [0.2, 0.25) is 0 Å². The Labute approximate surface area is 156 Å². The second-order valence-corrected chi connectivity index (χ2v) is 7.70. The molecule has 0 bridgehead atoms. The molecule has 1 unspecified atom stereocenters. The average molecular weight is 411 g/mol. The molecule has 0 radical (unpaired) electrons. The molecule has 1 atom stereocenters. The molecule has 0 aromatic heterocycles. The molecule has 1 heterocycles. The number of piperidine rings is 1. The second kappa shape index (κ2) is 9.28. The maximum absolute atomic E-state index is 12.8. The van der Waals surface area contributed by atoms with Gasteiger partial charge in [-0.05, 0) is 59.3 Å². The Hall–Kier alpha value is -1.27. The topological polar surface area (TPSA) is 49.4 Å². The smallest absolute Gasteiger partial charge is 0.253 e. The SMILES string of the molecule is C=C1CCN(C(=O)C(CCSC)NC(=O)c2ccccc2Br)CC1. The summed E-state index contributed by atoms with van der Waals surface area (Å²) < 4.78 is 0.729. The first-order valence-corrected chi connectivity index (χ1v) is 10.2. The lowest BCUT2D eigenvalue weighted by atomic mass is 10.0. The van der Waals surface area contributed by atoms with Crippen molar-refractivity contribution in [2.24, 2.45) is 0 Å². The van der Waals surface area contributed by atoms with E-state index in [1.165, 1.54) is 5.57 Å². The summed E-state index contributed by atoms with van der Waals surface area (Å²) >= 11 is 5.06. The van der Waals surface area contributed by atoms with Crippen LogP contribution in [0.3, 0.4) is 0 Å². The molecule has 24 heavy (non-hydrogen) atoms. The minimum Gasteiger partial charge on any atom is -0.340 e. The van der Waals surface area contributed by atoms with E-state index < -0.39 is 6.04 Å². The van der Waals surface area contributed by atoms with Crippen LogP contribution in [0.1, 0.15) is 29.6 Å². The zero-order chi connectivity index (χ0) is 17.5. The molecule has 4 nitrogen and oxygen atoms in total. The first kappa shape index (κ1) is 19.1. The summed E-state index contributed by atoms with van der Waals surface area (Å²) in [4.78, 5) is 27.2. The molecule has 1 aliphatic rings. The quantitative estimate of drug-likeness (QED) is 0.730. The number of nitrogens with one attached hydrogen (secondary N) is 1. The summed E-state index contributed by atoms with van der Waals surface area (Å²) in [5.74, 6) is 0.619. The lowest BCUT2D eigenvalue weighted by Crippen LogP contribution is -2.50. The van der Waals surface area contributed by atoms with E-state index in [0.29, 0.717) is 25.1 Å². The first-order valence-electron chi connectivity index (χ1n) is 8.02. The Kier molecular flexibility index (Phi) is 7.37. The third-order valence-electron chi connectivity index (χ3n) is 4.11. The molecule has 1 aliphatic heterocycles. The van der Waals surface area contributed by atoms with Crippen LogP contribution in [-0.4, -0.2) is 47.9 Å². The monoisotopic (exact) mass is 410 g/mol. The highest BCUT2D eigenvalue weighted by Crippen LogP contribution is 2.18. The number of rotatable bonds is 6. The van der Waals surface area contributed by atoms with Crippen molar-refractivity contribution in [2.45, 2.75) is 25.3 Å². The Balaban J connectivity index is 2.07. The zero-order valence-electron chi connectivity index (χ0n) is 13.9. The highest BCUT2D eigenvalue weighted by Gasteiger charge is 2.27. The van der Waals surface area contributed by atoms with Crippen molar-refractivity contribution in [3.05, 3.63) is 46.5 Å². The van der Waals surface area contributed by atoms with E-state index in [9.17, 15) is 9.59 Å². The number of carbonyl (C=O) groups excluding carboxylic acids is 2. The van der Waals surface area contributed by atoms with E-state index >= 15 is 0 Å². The maximum Gasteiger partial charge on any atom is 0.253 e. The summed E-state index contributed by atoms with van der Waals surface area (Å²) in [7, 11) is 0. The van der Waals surface area contributed by atoms with Gasteiger partial charge in [0, 0.05) is 17.6 Å². The average Bonchev–Trinajstić information content (AvgIpc) is 2.59. The van der Waals surface area contributed by atoms with Crippen molar-refractivity contribution in [3.63, 3.8) is 0 Å². The van der Waals surface area contributed by atoms with Gasteiger partial charge in [0.05, 0.1) is 5.56 Å². The van der Waals surface area contributed by atoms with Crippen LogP contribution in [0, 0.1) is 0 Å². The number of hydrogen-bond donors (Lipinski definition) is 1. The van der Waals surface area contributed by atoms with Crippen LogP contribution in [0.4, 0.5) is 0 Å². The van der Waals surface area contributed by atoms with Gasteiger partial charge in [0.25, 0.3) is 5.91 Å². The van der Waals surface area contributed by atoms with Crippen LogP contribution in [0.5, 0.6) is 0 Å². The van der Waals surface area contributed by atoms with Gasteiger partial charge < -0.3 is 10.2 Å². The molecule has 1 fully saturated rings. The number of hydrogen-bond acceptors (Lipinski definition) is 3. The summed E-state index contributed by atoms with van der Waals surface area (Å²) in [6.45, 7) is 5.37. The normalized spacial score (nSPS) is 15.9. The minimum atomic E-state index is -0.483. The molecule has 1 aromatic carbocycles. The second-order valence-electron chi connectivity index (χ2n) is 5.86. The maximum atomic E-state index is 12.8. The van der Waals surface area contributed by atoms with Crippen LogP contribution in [0.15, 0.2) is 40.9 Å². The Bertz CT molecular complexity index is 611. The molecule has 6 heteroatoms. The van der Waals surface area contributed by atoms with Gasteiger partial charge in [-0.25, -0.2) is 0 Å². The van der Waals surface area contributed by atoms with Gasteiger partial charge in [-0.3, -0.25) is 9.59 Å². The van der Waals surface area contributed by atoms with Gasteiger partial charge >= 0.3 is 0 Å². The number of thioether (sulfide) groups is 1. The number of likely N-dealkylation sites (tertiary alicyclic amines) is 1. The largest absolute Gasteiger partial charge is 0.340 e. The minimum absolute atomic E-state index is 0.0111. The molecule has 0 saturated carbocycles. The summed E-state index contributed by atoms with van der Waals surface area (Å²) in [6.07, 6.45) is 4.33. The van der Waals surface area contributed by atoms with Crippen LogP contribution >= 0.6 is 27.7 Å². The Morgan fingerprint density at radius 3 is 2.62 bits per heavy atom.